The Hall–Kier alpha value is -3.21. The van der Waals surface area contributed by atoms with Gasteiger partial charge in [0.05, 0.1) is 12.8 Å². The van der Waals surface area contributed by atoms with Crippen LogP contribution in [0.25, 0.3) is 0 Å². The molecule has 0 radical (unpaired) electrons. The van der Waals surface area contributed by atoms with E-state index in [0.29, 0.717) is 34.5 Å². The molecule has 0 aliphatic carbocycles. The molecular weight excluding hydrogens is 805 g/mol. The smallest absolute Gasteiger partial charge is 0.213 e. The molecule has 0 atom stereocenters. The number of anilines is 1. The Kier molecular flexibility index (Phi) is 13.9. The van der Waals surface area contributed by atoms with Crippen molar-refractivity contribution in [3.05, 3.63) is 99.7 Å². The number of rotatable bonds is 11. The van der Waals surface area contributed by atoms with Gasteiger partial charge in [-0.25, -0.2) is 9.37 Å². The van der Waals surface area contributed by atoms with E-state index < -0.39 is 0 Å². The van der Waals surface area contributed by atoms with Gasteiger partial charge in [0, 0.05) is 85.7 Å². The van der Waals surface area contributed by atoms with Crippen LogP contribution in [0.15, 0.2) is 60.8 Å². The number of benzene rings is 2. The van der Waals surface area contributed by atoms with Crippen LogP contribution in [0.2, 0.25) is 5.02 Å². The minimum Gasteiger partial charge on any atom is -0.473 e. The average molecular weight is 840 g/mol. The Morgan fingerprint density at radius 2 is 1.91 bits per heavy atom. The van der Waals surface area contributed by atoms with Gasteiger partial charge < -0.3 is 19.3 Å². The maximum absolute atomic E-state index is 14.1. The van der Waals surface area contributed by atoms with Gasteiger partial charge in [-0.05, 0) is 56.7 Å². The van der Waals surface area contributed by atoms with Gasteiger partial charge in [-0.1, -0.05) is 34.5 Å². The second kappa shape index (κ2) is 17.3. The minimum atomic E-state index is -0.388. The summed E-state index contributed by atoms with van der Waals surface area (Å²) in [6.45, 7) is 6.31. The number of ether oxygens (including phenoxy) is 1. The summed E-state index contributed by atoms with van der Waals surface area (Å²) in [6.07, 6.45) is 13.9. The predicted octanol–water partition coefficient (Wildman–Crippen LogP) is 5.48. The minimum absolute atomic E-state index is 0. The van der Waals surface area contributed by atoms with Crippen LogP contribution >= 0.6 is 11.6 Å². The molecule has 11 heteroatoms. The second-order valence-corrected chi connectivity index (χ2v) is 10.9. The van der Waals surface area contributed by atoms with Gasteiger partial charge in [-0.2, -0.15) is 6.07 Å². The van der Waals surface area contributed by atoms with Gasteiger partial charge in [0.1, 0.15) is 18.1 Å². The zero-order chi connectivity index (χ0) is 30.8. The molecule has 0 N–H and O–H groups in total. The molecule has 0 amide bonds. The topological polar surface area (TPSA) is 76.4 Å². The third kappa shape index (κ3) is 9.64. The maximum Gasteiger partial charge on any atom is 0.213 e. The summed E-state index contributed by atoms with van der Waals surface area (Å²) >= 11 is 5.85. The Morgan fingerprint density at radius 3 is 2.59 bits per heavy atom. The van der Waals surface area contributed by atoms with Gasteiger partial charge in [0.2, 0.25) is 5.88 Å². The summed E-state index contributed by atoms with van der Waals surface area (Å²) in [5.41, 5.74) is 4.95. The number of nitrogens with zero attached hydrogens (tertiary/aromatic N) is 6. The van der Waals surface area contributed by atoms with Gasteiger partial charge in [-0.15, -0.1) is 35.6 Å². The fourth-order valence-electron chi connectivity index (χ4n) is 5.20. The molecule has 1 fully saturated rings. The molecule has 2 aromatic carbocycles. The molecule has 8 nitrogen and oxygen atoms in total. The number of carbonyl (C=O) groups excluding carboxylic acids is 1. The van der Waals surface area contributed by atoms with Crippen LogP contribution < -0.4 is 9.64 Å². The van der Waals surface area contributed by atoms with Crippen molar-refractivity contribution in [3.8, 4) is 18.7 Å². The van der Waals surface area contributed by atoms with Gasteiger partial charge in [-0.3, -0.25) is 4.68 Å². The van der Waals surface area contributed by atoms with E-state index in [2.05, 4.69) is 39.9 Å². The number of hydrogen-bond acceptors (Lipinski definition) is 7. The molecule has 0 saturated carbocycles. The summed E-state index contributed by atoms with van der Waals surface area (Å²) in [5.74, 6) is 0.435. The number of likely N-dealkylation sites (tertiary alicyclic amines) is 1. The van der Waals surface area contributed by atoms with Gasteiger partial charge in [0.25, 0.3) is 0 Å². The first kappa shape index (κ1) is 35.3. The van der Waals surface area contributed by atoms with E-state index in [4.69, 9.17) is 21.3 Å². The molecule has 228 valence electrons. The largest absolute Gasteiger partial charge is 0.473 e. The van der Waals surface area contributed by atoms with Crippen molar-refractivity contribution < 1.29 is 45.0 Å². The first-order chi connectivity index (χ1) is 20.9. The average Bonchev–Trinajstić information content (AvgIpc) is 3.45. The fourth-order valence-corrected chi connectivity index (χ4v) is 5.36. The number of hydrogen-bond donors (Lipinski definition) is 0. The molecule has 0 spiro atoms. The van der Waals surface area contributed by atoms with E-state index in [-0.39, 0.29) is 43.5 Å². The Labute approximate surface area is 287 Å². The molecule has 3 heterocycles. The van der Waals surface area contributed by atoms with Crippen LogP contribution in [0.4, 0.5) is 10.1 Å². The molecule has 4 aromatic rings. The number of piperidine rings is 1. The van der Waals surface area contributed by atoms with E-state index in [1.54, 1.807) is 28.9 Å². The SMILES string of the molecule is C#C.Cc1ccc([C-]=O)cc1N(CCN1CCC(c2cccc(OCc3ccc(Cl)cc3F)n2)CC1)Cc1cn(C)nn1.[U]. The third-order valence-electron chi connectivity index (χ3n) is 7.50. The van der Waals surface area contributed by atoms with Crippen molar-refractivity contribution in [2.24, 2.45) is 7.05 Å². The van der Waals surface area contributed by atoms with Crippen molar-refractivity contribution >= 4 is 23.6 Å². The van der Waals surface area contributed by atoms with Crippen LogP contribution in [-0.2, 0) is 25.0 Å². The Morgan fingerprint density at radius 1 is 1.14 bits per heavy atom. The molecule has 1 saturated heterocycles. The monoisotopic (exact) mass is 839 g/mol. The van der Waals surface area contributed by atoms with Gasteiger partial charge >= 0.3 is 0 Å². The van der Waals surface area contributed by atoms with Gasteiger partial charge in [0.15, 0.2) is 0 Å². The summed E-state index contributed by atoms with van der Waals surface area (Å²) in [6, 6.07) is 16.0. The number of pyridine rings is 1. The van der Waals surface area contributed by atoms with E-state index in [0.717, 1.165) is 61.7 Å². The number of aromatic nitrogens is 4. The number of aryl methyl sites for hydroxylation is 2. The van der Waals surface area contributed by atoms with Crippen molar-refractivity contribution in [3.63, 3.8) is 0 Å². The molecular formula is C33H35ClFN6O2U-. The summed E-state index contributed by atoms with van der Waals surface area (Å²) in [4.78, 5) is 20.8. The molecule has 1 aliphatic rings. The van der Waals surface area contributed by atoms with E-state index in [1.807, 2.05) is 43.8 Å². The second-order valence-electron chi connectivity index (χ2n) is 10.4. The molecule has 44 heavy (non-hydrogen) atoms. The third-order valence-corrected chi connectivity index (χ3v) is 7.73. The molecule has 0 bridgehead atoms. The molecule has 1 aliphatic heterocycles. The normalized spacial score (nSPS) is 13.3. The quantitative estimate of drug-likeness (QED) is 0.146. The first-order valence-corrected chi connectivity index (χ1v) is 14.4. The predicted molar refractivity (Wildman–Crippen MR) is 166 cm³/mol. The molecule has 0 unspecified atom stereocenters. The summed E-state index contributed by atoms with van der Waals surface area (Å²) < 4.78 is 21.6. The summed E-state index contributed by atoms with van der Waals surface area (Å²) in [7, 11) is 1.86. The number of halogens is 2. The zero-order valence-electron chi connectivity index (χ0n) is 24.9. The Balaban J connectivity index is 0.00000173. The van der Waals surface area contributed by atoms with Crippen LogP contribution in [0, 0.1) is 56.7 Å². The van der Waals surface area contributed by atoms with E-state index >= 15 is 0 Å². The first-order valence-electron chi connectivity index (χ1n) is 14.1. The van der Waals surface area contributed by atoms with E-state index in [1.165, 1.54) is 6.07 Å². The Bertz CT molecular complexity index is 1540. The van der Waals surface area contributed by atoms with E-state index in [9.17, 15) is 9.18 Å². The molecule has 5 rings (SSSR count). The van der Waals surface area contributed by atoms with Crippen molar-refractivity contribution in [2.75, 3.05) is 31.1 Å². The fraction of sp³-hybridized carbons (Fsp3) is 0.333. The molecule has 2 aromatic heterocycles. The zero-order valence-corrected chi connectivity index (χ0v) is 29.8. The summed E-state index contributed by atoms with van der Waals surface area (Å²) in [5, 5.41) is 8.71. The van der Waals surface area contributed by atoms with Crippen molar-refractivity contribution in [2.45, 2.75) is 38.8 Å². The van der Waals surface area contributed by atoms with Crippen molar-refractivity contribution in [1.29, 1.82) is 0 Å². The van der Waals surface area contributed by atoms with Crippen LogP contribution in [-0.4, -0.2) is 57.3 Å². The van der Waals surface area contributed by atoms with Crippen molar-refractivity contribution in [1.82, 2.24) is 24.9 Å². The van der Waals surface area contributed by atoms with Crippen LogP contribution in [0.1, 0.15) is 46.8 Å². The standard InChI is InChI=1S/C31H33ClFN6O2.C2H2.U/c1-22-6-7-23(20-40)16-30(22)39(19-27-18-37(2)36-35-27)15-14-38-12-10-24(11-13-38)29-4-3-5-31(34-29)41-21-25-8-9-26(32)17-28(25)33;1-2;/h3-9,16-18,24H,10-15,19,21H2,1-2H3;1-2H;/q-1;;. The van der Waals surface area contributed by atoms with Crippen LogP contribution in [0.5, 0.6) is 5.88 Å². The van der Waals surface area contributed by atoms with Crippen LogP contribution in [0.3, 0.4) is 0 Å². The maximum atomic E-state index is 14.1. The number of terminal acetylenes is 1.